The van der Waals surface area contributed by atoms with Crippen molar-refractivity contribution in [1.29, 1.82) is 0 Å². The van der Waals surface area contributed by atoms with Gasteiger partial charge in [0.1, 0.15) is 16.9 Å². The first-order valence-electron chi connectivity index (χ1n) is 7.69. The Hall–Kier alpha value is -1.69. The van der Waals surface area contributed by atoms with Crippen molar-refractivity contribution >= 4 is 16.9 Å². The lowest BCUT2D eigenvalue weighted by molar-refractivity contribution is 0.122. The molecule has 0 amide bonds. The van der Waals surface area contributed by atoms with Gasteiger partial charge in [-0.05, 0) is 13.8 Å². The zero-order chi connectivity index (χ0) is 15.0. The smallest absolute Gasteiger partial charge is 0.158 e. The average Bonchev–Trinajstić information content (AvgIpc) is 2.84. The van der Waals surface area contributed by atoms with E-state index in [0.29, 0.717) is 5.92 Å². The molecule has 0 aromatic carbocycles. The number of morpholine rings is 1. The van der Waals surface area contributed by atoms with Crippen LogP contribution in [0, 0.1) is 6.92 Å². The van der Waals surface area contributed by atoms with Gasteiger partial charge >= 0.3 is 0 Å². The Labute approximate surface area is 125 Å². The van der Waals surface area contributed by atoms with E-state index in [1.54, 1.807) is 0 Å². The molecule has 0 saturated carbocycles. The minimum absolute atomic E-state index is 0.304. The predicted molar refractivity (Wildman–Crippen MR) is 82.9 cm³/mol. The summed E-state index contributed by atoms with van der Waals surface area (Å²) in [5, 5.41) is 4.62. The van der Waals surface area contributed by atoms with Crippen LogP contribution in [0.4, 0.5) is 5.82 Å². The second-order valence-electron chi connectivity index (χ2n) is 5.76. The van der Waals surface area contributed by atoms with Gasteiger partial charge in [-0.15, -0.1) is 0 Å². The summed E-state index contributed by atoms with van der Waals surface area (Å²) in [5.74, 6) is 2.20. The van der Waals surface area contributed by atoms with Crippen LogP contribution in [0.1, 0.15) is 38.2 Å². The number of aromatic nitrogens is 4. The molecule has 0 N–H and O–H groups in total. The Balaban J connectivity index is 2.22. The van der Waals surface area contributed by atoms with Crippen LogP contribution >= 0.6 is 0 Å². The molecule has 0 unspecified atom stereocenters. The van der Waals surface area contributed by atoms with Crippen molar-refractivity contribution in [2.45, 2.75) is 40.2 Å². The van der Waals surface area contributed by atoms with Crippen molar-refractivity contribution in [1.82, 2.24) is 19.7 Å². The van der Waals surface area contributed by atoms with Crippen LogP contribution in [0.5, 0.6) is 0 Å². The van der Waals surface area contributed by atoms with Gasteiger partial charge in [0.15, 0.2) is 5.82 Å². The molecule has 0 aliphatic carbocycles. The van der Waals surface area contributed by atoms with Gasteiger partial charge in [0.2, 0.25) is 0 Å². The Morgan fingerprint density at radius 3 is 2.52 bits per heavy atom. The molecule has 1 fully saturated rings. The first-order chi connectivity index (χ1) is 10.1. The van der Waals surface area contributed by atoms with Gasteiger partial charge in [0, 0.05) is 25.6 Å². The summed E-state index contributed by atoms with van der Waals surface area (Å²) in [6, 6.07) is 0. The van der Waals surface area contributed by atoms with Gasteiger partial charge in [-0.25, -0.2) is 9.97 Å². The van der Waals surface area contributed by atoms with E-state index in [-0.39, 0.29) is 0 Å². The highest BCUT2D eigenvalue weighted by Crippen LogP contribution is 2.28. The summed E-state index contributed by atoms with van der Waals surface area (Å²) in [5.41, 5.74) is 3.02. The number of anilines is 1. The van der Waals surface area contributed by atoms with Crippen molar-refractivity contribution in [2.75, 3.05) is 31.2 Å². The molecule has 21 heavy (non-hydrogen) atoms. The summed E-state index contributed by atoms with van der Waals surface area (Å²) in [6.45, 7) is 12.5. The van der Waals surface area contributed by atoms with Crippen LogP contribution in [0.3, 0.4) is 0 Å². The highest BCUT2D eigenvalue weighted by Gasteiger charge is 2.22. The fourth-order valence-electron chi connectivity index (χ4n) is 2.71. The van der Waals surface area contributed by atoms with E-state index in [4.69, 9.17) is 14.7 Å². The third-order valence-electron chi connectivity index (χ3n) is 3.88. The Morgan fingerprint density at radius 1 is 1.19 bits per heavy atom. The highest BCUT2D eigenvalue weighted by molar-refractivity contribution is 5.88. The number of fused-ring (bicyclic) bond motifs is 1. The van der Waals surface area contributed by atoms with Gasteiger partial charge in [-0.3, -0.25) is 4.68 Å². The van der Waals surface area contributed by atoms with Crippen molar-refractivity contribution < 1.29 is 4.74 Å². The normalized spacial score (nSPS) is 16.1. The molecule has 2 aromatic heterocycles. The number of aryl methyl sites for hydroxylation is 2. The summed E-state index contributed by atoms with van der Waals surface area (Å²) in [6.07, 6.45) is 0. The van der Waals surface area contributed by atoms with E-state index in [1.807, 2.05) is 11.6 Å². The minimum Gasteiger partial charge on any atom is -0.378 e. The molecule has 1 aliphatic rings. The zero-order valence-electron chi connectivity index (χ0n) is 13.3. The van der Waals surface area contributed by atoms with Crippen LogP contribution in [0.25, 0.3) is 11.0 Å². The Bertz CT molecular complexity index is 643. The quantitative estimate of drug-likeness (QED) is 0.866. The number of ether oxygens (including phenoxy) is 1. The Morgan fingerprint density at radius 2 is 1.90 bits per heavy atom. The van der Waals surface area contributed by atoms with Gasteiger partial charge < -0.3 is 9.64 Å². The van der Waals surface area contributed by atoms with Crippen molar-refractivity contribution in [3.8, 4) is 0 Å². The van der Waals surface area contributed by atoms with Crippen LogP contribution in [-0.2, 0) is 11.3 Å². The molecule has 6 heteroatoms. The van der Waals surface area contributed by atoms with Gasteiger partial charge in [0.05, 0.1) is 18.9 Å². The van der Waals surface area contributed by atoms with Crippen LogP contribution in [-0.4, -0.2) is 46.1 Å². The van der Waals surface area contributed by atoms with E-state index < -0.39 is 0 Å². The highest BCUT2D eigenvalue weighted by atomic mass is 16.5. The number of hydrogen-bond acceptors (Lipinski definition) is 5. The lowest BCUT2D eigenvalue weighted by Crippen LogP contribution is -2.37. The maximum absolute atomic E-state index is 5.47. The molecule has 0 bridgehead atoms. The van der Waals surface area contributed by atoms with Crippen LogP contribution in [0.2, 0.25) is 0 Å². The molecule has 0 atom stereocenters. The molecule has 1 saturated heterocycles. The summed E-state index contributed by atoms with van der Waals surface area (Å²) in [4.78, 5) is 11.9. The first-order valence-corrected chi connectivity index (χ1v) is 7.69. The first kappa shape index (κ1) is 14.3. The largest absolute Gasteiger partial charge is 0.378 e. The summed E-state index contributed by atoms with van der Waals surface area (Å²) < 4.78 is 7.48. The number of rotatable bonds is 3. The van der Waals surface area contributed by atoms with Crippen molar-refractivity contribution in [2.24, 2.45) is 0 Å². The van der Waals surface area contributed by atoms with E-state index in [0.717, 1.165) is 61.2 Å². The maximum Gasteiger partial charge on any atom is 0.158 e. The minimum atomic E-state index is 0.304. The van der Waals surface area contributed by atoms with Gasteiger partial charge in [-0.2, -0.15) is 5.10 Å². The lowest BCUT2D eigenvalue weighted by Gasteiger charge is -2.29. The third-order valence-corrected chi connectivity index (χ3v) is 3.88. The van der Waals surface area contributed by atoms with Gasteiger partial charge in [0.25, 0.3) is 0 Å². The number of hydrogen-bond donors (Lipinski definition) is 0. The van der Waals surface area contributed by atoms with Crippen molar-refractivity contribution in [3.05, 3.63) is 11.5 Å². The molecule has 3 heterocycles. The standard InChI is InChI=1S/C15H23N5O/c1-5-20-13-12(11(4)18-20)16-14(10(2)3)17-15(13)19-6-8-21-9-7-19/h10H,5-9H2,1-4H3. The summed E-state index contributed by atoms with van der Waals surface area (Å²) >= 11 is 0. The fraction of sp³-hybridized carbons (Fsp3) is 0.667. The fourth-order valence-corrected chi connectivity index (χ4v) is 2.71. The molecular weight excluding hydrogens is 266 g/mol. The molecule has 3 rings (SSSR count). The zero-order valence-corrected chi connectivity index (χ0v) is 13.3. The van der Waals surface area contributed by atoms with E-state index in [2.05, 4.69) is 30.8 Å². The maximum atomic E-state index is 5.47. The summed E-state index contributed by atoms with van der Waals surface area (Å²) in [7, 11) is 0. The monoisotopic (exact) mass is 289 g/mol. The molecular formula is C15H23N5O. The van der Waals surface area contributed by atoms with Gasteiger partial charge in [-0.1, -0.05) is 13.8 Å². The second kappa shape index (κ2) is 5.60. The number of nitrogens with zero attached hydrogens (tertiary/aromatic N) is 5. The average molecular weight is 289 g/mol. The molecule has 2 aromatic rings. The van der Waals surface area contributed by atoms with Crippen LogP contribution < -0.4 is 4.90 Å². The SMILES string of the molecule is CCn1nc(C)c2nc(C(C)C)nc(N3CCOCC3)c21. The Kier molecular flexibility index (Phi) is 3.80. The molecule has 0 radical (unpaired) electrons. The van der Waals surface area contributed by atoms with E-state index >= 15 is 0 Å². The third kappa shape index (κ3) is 2.48. The lowest BCUT2D eigenvalue weighted by atomic mass is 10.2. The molecule has 6 nitrogen and oxygen atoms in total. The van der Waals surface area contributed by atoms with Crippen molar-refractivity contribution in [3.63, 3.8) is 0 Å². The van der Waals surface area contributed by atoms with E-state index in [9.17, 15) is 0 Å². The second-order valence-corrected chi connectivity index (χ2v) is 5.76. The van der Waals surface area contributed by atoms with E-state index in [1.165, 1.54) is 0 Å². The predicted octanol–water partition coefficient (Wildman–Crippen LogP) is 2.11. The molecule has 0 spiro atoms. The molecule has 114 valence electrons. The van der Waals surface area contributed by atoms with Crippen LogP contribution in [0.15, 0.2) is 0 Å². The molecule has 1 aliphatic heterocycles. The topological polar surface area (TPSA) is 56.1 Å².